The first-order valence-corrected chi connectivity index (χ1v) is 11.6. The van der Waals surface area contributed by atoms with Crippen LogP contribution in [0.15, 0.2) is 52.9 Å². The second kappa shape index (κ2) is 9.80. The second-order valence-electron chi connectivity index (χ2n) is 8.62. The average molecular weight is 492 g/mol. The monoisotopic (exact) mass is 491 g/mol. The zero-order valence-corrected chi connectivity index (χ0v) is 20.3. The topological polar surface area (TPSA) is 95.5 Å². The zero-order valence-electron chi connectivity index (χ0n) is 20.3. The number of carbonyl (C=O) groups excluding carboxylic acids is 1. The van der Waals surface area contributed by atoms with Crippen molar-refractivity contribution >= 4 is 5.91 Å². The van der Waals surface area contributed by atoms with Crippen molar-refractivity contribution in [2.45, 2.75) is 18.8 Å². The summed E-state index contributed by atoms with van der Waals surface area (Å²) in [6, 6.07) is 13.2. The van der Waals surface area contributed by atoms with Crippen LogP contribution in [-0.4, -0.2) is 58.1 Å². The Hall–Kier alpha value is -4.21. The van der Waals surface area contributed by atoms with Gasteiger partial charge in [0.05, 0.1) is 19.9 Å². The third-order valence-corrected chi connectivity index (χ3v) is 6.44. The lowest BCUT2D eigenvalue weighted by Gasteiger charge is -2.30. The summed E-state index contributed by atoms with van der Waals surface area (Å²) in [5.74, 6) is 1.86. The van der Waals surface area contributed by atoms with Gasteiger partial charge in [-0.3, -0.25) is 9.48 Å². The lowest BCUT2D eigenvalue weighted by molar-refractivity contribution is 0.0695. The number of carbonyl (C=O) groups is 1. The van der Waals surface area contributed by atoms with Gasteiger partial charge in [-0.15, -0.1) is 10.2 Å². The Morgan fingerprint density at radius 2 is 1.78 bits per heavy atom. The maximum absolute atomic E-state index is 13.3. The van der Waals surface area contributed by atoms with Crippen LogP contribution in [0.1, 0.15) is 35.1 Å². The third-order valence-electron chi connectivity index (χ3n) is 6.44. The predicted molar refractivity (Wildman–Crippen MR) is 129 cm³/mol. The Kier molecular flexibility index (Phi) is 6.41. The van der Waals surface area contributed by atoms with Crippen LogP contribution in [0, 0.1) is 5.82 Å². The Morgan fingerprint density at radius 3 is 2.47 bits per heavy atom. The number of nitrogens with zero attached hydrogens (tertiary/aromatic N) is 5. The lowest BCUT2D eigenvalue weighted by Crippen LogP contribution is -2.38. The number of piperidine rings is 1. The Balaban J connectivity index is 1.28. The van der Waals surface area contributed by atoms with Crippen molar-refractivity contribution in [1.29, 1.82) is 0 Å². The predicted octanol–water partition coefficient (Wildman–Crippen LogP) is 4.31. The van der Waals surface area contributed by atoms with Gasteiger partial charge in [-0.05, 0) is 61.4 Å². The highest BCUT2D eigenvalue weighted by Gasteiger charge is 2.29. The molecule has 0 bridgehead atoms. The van der Waals surface area contributed by atoms with Gasteiger partial charge in [0.1, 0.15) is 23.0 Å². The van der Waals surface area contributed by atoms with Gasteiger partial charge in [-0.1, -0.05) is 0 Å². The van der Waals surface area contributed by atoms with Gasteiger partial charge < -0.3 is 18.8 Å². The minimum absolute atomic E-state index is 0.0545. The van der Waals surface area contributed by atoms with Crippen molar-refractivity contribution in [1.82, 2.24) is 24.9 Å². The molecule has 3 heterocycles. The summed E-state index contributed by atoms with van der Waals surface area (Å²) in [6.45, 7) is 1.11. The zero-order chi connectivity index (χ0) is 25.2. The number of hydrogen-bond donors (Lipinski definition) is 0. The van der Waals surface area contributed by atoms with Crippen molar-refractivity contribution in [3.63, 3.8) is 0 Å². The number of ether oxygens (including phenoxy) is 2. The van der Waals surface area contributed by atoms with E-state index in [9.17, 15) is 9.18 Å². The molecule has 0 N–H and O–H groups in total. The molecule has 5 rings (SSSR count). The molecular formula is C26H26FN5O4. The number of aryl methyl sites for hydroxylation is 1. The van der Waals surface area contributed by atoms with E-state index in [1.807, 2.05) is 23.1 Å². The Labute approximate surface area is 207 Å². The van der Waals surface area contributed by atoms with Crippen LogP contribution in [0.5, 0.6) is 11.5 Å². The van der Waals surface area contributed by atoms with Gasteiger partial charge >= 0.3 is 0 Å². The van der Waals surface area contributed by atoms with E-state index in [2.05, 4.69) is 15.3 Å². The number of methoxy groups -OCH3 is 2. The molecule has 4 aromatic rings. The van der Waals surface area contributed by atoms with Crippen LogP contribution in [0.4, 0.5) is 4.39 Å². The molecule has 1 aliphatic heterocycles. The van der Waals surface area contributed by atoms with Crippen molar-refractivity contribution in [2.24, 2.45) is 7.05 Å². The minimum Gasteiger partial charge on any atom is -0.497 e. The number of halogens is 1. The number of benzene rings is 2. The summed E-state index contributed by atoms with van der Waals surface area (Å²) in [6.07, 6.45) is 1.40. The van der Waals surface area contributed by atoms with Gasteiger partial charge in [0.25, 0.3) is 5.91 Å². The van der Waals surface area contributed by atoms with Crippen LogP contribution in [0.25, 0.3) is 22.7 Å². The first kappa shape index (κ1) is 23.5. The van der Waals surface area contributed by atoms with Crippen molar-refractivity contribution in [2.75, 3.05) is 27.3 Å². The molecule has 1 saturated heterocycles. The van der Waals surface area contributed by atoms with E-state index in [4.69, 9.17) is 13.9 Å². The highest BCUT2D eigenvalue weighted by Crippen LogP contribution is 2.34. The van der Waals surface area contributed by atoms with Crippen LogP contribution in [-0.2, 0) is 7.05 Å². The van der Waals surface area contributed by atoms with Gasteiger partial charge in [0, 0.05) is 37.2 Å². The van der Waals surface area contributed by atoms with Gasteiger partial charge in [0.15, 0.2) is 0 Å². The van der Waals surface area contributed by atoms with E-state index < -0.39 is 0 Å². The number of amides is 1. The largest absolute Gasteiger partial charge is 0.497 e. The number of rotatable bonds is 6. The Bertz CT molecular complexity index is 1370. The van der Waals surface area contributed by atoms with E-state index in [0.29, 0.717) is 66.2 Å². The second-order valence-corrected chi connectivity index (χ2v) is 8.62. The summed E-state index contributed by atoms with van der Waals surface area (Å²) in [7, 11) is 4.95. The summed E-state index contributed by atoms with van der Waals surface area (Å²) < 4.78 is 31.4. The number of aromatic nitrogens is 4. The molecule has 36 heavy (non-hydrogen) atoms. The van der Waals surface area contributed by atoms with Crippen molar-refractivity contribution in [3.05, 3.63) is 65.9 Å². The first-order chi connectivity index (χ1) is 17.5. The molecule has 0 unspecified atom stereocenters. The van der Waals surface area contributed by atoms with Crippen LogP contribution >= 0.6 is 0 Å². The molecule has 1 aliphatic rings. The Morgan fingerprint density at radius 1 is 1.03 bits per heavy atom. The maximum Gasteiger partial charge on any atom is 0.272 e. The molecule has 0 spiro atoms. The van der Waals surface area contributed by atoms with Crippen LogP contribution in [0.2, 0.25) is 0 Å². The van der Waals surface area contributed by atoms with Gasteiger partial charge in [-0.25, -0.2) is 4.39 Å². The standard InChI is InChI=1S/C26H26FN5O4/c1-31-22(15-21(30-31)20-14-19(34-2)8-9-23(20)35-3)26(33)32-12-10-17(11-13-32)25-29-28-24(36-25)16-4-6-18(27)7-5-16/h4-9,14-15,17H,10-13H2,1-3H3. The first-order valence-electron chi connectivity index (χ1n) is 11.6. The molecular weight excluding hydrogens is 465 g/mol. The molecule has 1 amide bonds. The number of likely N-dealkylation sites (tertiary alicyclic amines) is 1. The quantitative estimate of drug-likeness (QED) is 0.397. The molecule has 2 aromatic carbocycles. The fourth-order valence-electron chi connectivity index (χ4n) is 4.41. The summed E-state index contributed by atoms with van der Waals surface area (Å²) >= 11 is 0. The summed E-state index contributed by atoms with van der Waals surface area (Å²) in [5.41, 5.74) is 2.54. The van der Waals surface area contributed by atoms with Crippen molar-refractivity contribution in [3.8, 4) is 34.2 Å². The fourth-order valence-corrected chi connectivity index (χ4v) is 4.41. The highest BCUT2D eigenvalue weighted by molar-refractivity contribution is 5.94. The van der Waals surface area contributed by atoms with Crippen LogP contribution in [0.3, 0.4) is 0 Å². The molecule has 0 radical (unpaired) electrons. The van der Waals surface area contributed by atoms with Crippen molar-refractivity contribution < 1.29 is 23.1 Å². The van der Waals surface area contributed by atoms with Crippen LogP contribution < -0.4 is 9.47 Å². The molecule has 2 aromatic heterocycles. The molecule has 9 nitrogen and oxygen atoms in total. The molecule has 0 saturated carbocycles. The molecule has 186 valence electrons. The molecule has 0 atom stereocenters. The van der Waals surface area contributed by atoms with E-state index in [-0.39, 0.29) is 17.6 Å². The van der Waals surface area contributed by atoms with E-state index >= 15 is 0 Å². The lowest BCUT2D eigenvalue weighted by atomic mass is 9.96. The fraction of sp³-hybridized carbons (Fsp3) is 0.308. The van der Waals surface area contributed by atoms with Gasteiger partial charge in [-0.2, -0.15) is 5.10 Å². The highest BCUT2D eigenvalue weighted by atomic mass is 19.1. The number of hydrogen-bond acceptors (Lipinski definition) is 7. The molecule has 1 fully saturated rings. The maximum atomic E-state index is 13.3. The third kappa shape index (κ3) is 4.53. The van der Waals surface area contributed by atoms with E-state index in [1.165, 1.54) is 12.1 Å². The SMILES string of the molecule is COc1ccc(OC)c(-c2cc(C(=O)N3CCC(c4nnc(-c5ccc(F)cc5)o4)CC3)n(C)n2)c1. The molecule has 10 heteroatoms. The van der Waals surface area contributed by atoms with E-state index in [1.54, 1.807) is 44.1 Å². The molecule has 0 aliphatic carbocycles. The van der Waals surface area contributed by atoms with Gasteiger partial charge in [0.2, 0.25) is 11.8 Å². The summed E-state index contributed by atoms with van der Waals surface area (Å²) in [4.78, 5) is 15.1. The smallest absolute Gasteiger partial charge is 0.272 e. The average Bonchev–Trinajstić information content (AvgIpc) is 3.56. The normalized spacial score (nSPS) is 14.2. The minimum atomic E-state index is -0.321. The summed E-state index contributed by atoms with van der Waals surface area (Å²) in [5, 5.41) is 12.9. The van der Waals surface area contributed by atoms with E-state index in [0.717, 1.165) is 5.56 Å².